The zero-order valence-corrected chi connectivity index (χ0v) is 18.3. The molecule has 0 aliphatic carbocycles. The summed E-state index contributed by atoms with van der Waals surface area (Å²) >= 11 is 0. The van der Waals surface area contributed by atoms with Crippen molar-refractivity contribution in [3.63, 3.8) is 0 Å². The maximum atomic E-state index is 14.2. The minimum atomic E-state index is -1.18. The molecule has 34 heavy (non-hydrogen) atoms. The summed E-state index contributed by atoms with van der Waals surface area (Å²) in [5, 5.41) is 14.6. The van der Waals surface area contributed by atoms with E-state index >= 15 is 0 Å². The molecule has 1 N–H and O–H groups in total. The van der Waals surface area contributed by atoms with Gasteiger partial charge in [-0.2, -0.15) is 0 Å². The van der Waals surface area contributed by atoms with E-state index in [1.807, 2.05) is 30.3 Å². The summed E-state index contributed by atoms with van der Waals surface area (Å²) in [6.07, 6.45) is 4.83. The van der Waals surface area contributed by atoms with E-state index in [1.54, 1.807) is 30.5 Å². The van der Waals surface area contributed by atoms with E-state index in [0.29, 0.717) is 23.4 Å². The van der Waals surface area contributed by atoms with Crippen LogP contribution in [-0.2, 0) is 10.3 Å². The number of amides is 1. The number of hydrogen-bond donors (Lipinski definition) is 1. The van der Waals surface area contributed by atoms with Crippen LogP contribution >= 0.6 is 0 Å². The fourth-order valence-corrected chi connectivity index (χ4v) is 6.42. The summed E-state index contributed by atoms with van der Waals surface area (Å²) in [5.74, 6) is -1.53. The predicted molar refractivity (Wildman–Crippen MR) is 124 cm³/mol. The quantitative estimate of drug-likeness (QED) is 0.364. The first-order valence-corrected chi connectivity index (χ1v) is 11.4. The third kappa shape index (κ3) is 2.72. The molecule has 1 aromatic heterocycles. The number of hydrogen-bond acceptors (Lipinski definition) is 6. The number of anilines is 1. The summed E-state index contributed by atoms with van der Waals surface area (Å²) in [4.78, 5) is 45.5. The van der Waals surface area contributed by atoms with E-state index in [0.717, 1.165) is 18.4 Å². The summed E-state index contributed by atoms with van der Waals surface area (Å²) in [6, 6.07) is 17.4. The van der Waals surface area contributed by atoms with Gasteiger partial charge in [0.25, 0.3) is 5.69 Å². The Balaban J connectivity index is 1.62. The van der Waals surface area contributed by atoms with Gasteiger partial charge in [0.05, 0.1) is 10.8 Å². The number of aromatic nitrogens is 1. The molecule has 0 bridgehead atoms. The number of nitrogens with zero attached hydrogens (tertiary/aromatic N) is 3. The van der Waals surface area contributed by atoms with E-state index in [9.17, 15) is 19.7 Å². The zero-order valence-electron chi connectivity index (χ0n) is 18.3. The molecule has 3 aliphatic rings. The van der Waals surface area contributed by atoms with Crippen LogP contribution in [0.4, 0.5) is 11.4 Å². The molecule has 1 amide bonds. The highest BCUT2D eigenvalue weighted by atomic mass is 16.6. The number of para-hydroxylation sites is 1. The van der Waals surface area contributed by atoms with Crippen molar-refractivity contribution in [2.45, 2.75) is 30.3 Å². The summed E-state index contributed by atoms with van der Waals surface area (Å²) in [6.45, 7) is 0.675. The minimum Gasteiger partial charge on any atom is -0.324 e. The Morgan fingerprint density at radius 2 is 2.00 bits per heavy atom. The summed E-state index contributed by atoms with van der Waals surface area (Å²) in [5.41, 5.74) is 1.44. The van der Waals surface area contributed by atoms with Crippen LogP contribution in [0, 0.1) is 16.0 Å². The molecule has 0 saturated carbocycles. The van der Waals surface area contributed by atoms with Gasteiger partial charge in [0.1, 0.15) is 5.54 Å². The van der Waals surface area contributed by atoms with Crippen molar-refractivity contribution in [1.29, 1.82) is 0 Å². The molecule has 4 atom stereocenters. The van der Waals surface area contributed by atoms with E-state index in [-0.39, 0.29) is 29.3 Å². The fraction of sp³-hybridized carbons (Fsp3) is 0.269. The highest BCUT2D eigenvalue weighted by molar-refractivity contribution is 6.12. The van der Waals surface area contributed by atoms with Gasteiger partial charge in [-0.25, -0.2) is 0 Å². The minimum absolute atomic E-state index is 0.0214. The number of non-ortho nitro benzene ring substituents is 1. The molecule has 8 nitrogen and oxygen atoms in total. The van der Waals surface area contributed by atoms with Gasteiger partial charge < -0.3 is 5.32 Å². The first-order valence-electron chi connectivity index (χ1n) is 11.4. The average Bonchev–Trinajstić information content (AvgIpc) is 3.52. The largest absolute Gasteiger partial charge is 0.324 e. The molecule has 2 aromatic carbocycles. The van der Waals surface area contributed by atoms with Crippen molar-refractivity contribution in [3.05, 3.63) is 99.9 Å². The highest BCUT2D eigenvalue weighted by Gasteiger charge is 2.69. The van der Waals surface area contributed by atoms with Crippen molar-refractivity contribution in [2.75, 3.05) is 11.9 Å². The van der Waals surface area contributed by atoms with Crippen LogP contribution < -0.4 is 5.32 Å². The molecular weight excluding hydrogens is 432 g/mol. The van der Waals surface area contributed by atoms with E-state index < -0.39 is 16.4 Å². The maximum absolute atomic E-state index is 14.2. The van der Waals surface area contributed by atoms with Crippen molar-refractivity contribution in [3.8, 4) is 0 Å². The Hall–Kier alpha value is -3.91. The van der Waals surface area contributed by atoms with Crippen LogP contribution in [0.15, 0.2) is 73.1 Å². The number of carbonyl (C=O) groups excluding carboxylic acids is 2. The van der Waals surface area contributed by atoms with Gasteiger partial charge in [-0.1, -0.05) is 30.3 Å². The van der Waals surface area contributed by atoms with Gasteiger partial charge in [-0.3, -0.25) is 29.6 Å². The normalized spacial score (nSPS) is 27.4. The predicted octanol–water partition coefficient (Wildman–Crippen LogP) is 3.90. The first kappa shape index (κ1) is 20.7. The molecule has 3 unspecified atom stereocenters. The standard InChI is InChI=1S/C26H22N4O4/c31-24(17-7-4-12-27-15-17)23-22(16-6-3-8-18(14-16)30(33)34)21-11-5-13-29(21)26(23)19-9-1-2-10-20(19)28-25(26)32/h1-4,6-10,12,14-15,21-23H,5,11,13H2,(H,28,32)/t21?,22?,23?,26-/m1/s1. The van der Waals surface area contributed by atoms with Gasteiger partial charge >= 0.3 is 0 Å². The van der Waals surface area contributed by atoms with Crippen LogP contribution in [0.2, 0.25) is 0 Å². The van der Waals surface area contributed by atoms with E-state index in [1.165, 1.54) is 12.3 Å². The first-order chi connectivity index (χ1) is 16.5. The van der Waals surface area contributed by atoms with Gasteiger partial charge in [0.2, 0.25) is 5.91 Å². The number of benzene rings is 2. The SMILES string of the molecule is O=C(c1cccnc1)C1C(c2cccc([N+](=O)[O-])c2)C2CCCN2[C@@]12C(=O)Nc1ccccc12. The molecule has 1 spiro atoms. The van der Waals surface area contributed by atoms with Crippen molar-refractivity contribution >= 4 is 23.1 Å². The Morgan fingerprint density at radius 1 is 1.15 bits per heavy atom. The second-order valence-corrected chi connectivity index (χ2v) is 9.13. The molecule has 4 heterocycles. The smallest absolute Gasteiger partial charge is 0.269 e. The Morgan fingerprint density at radius 3 is 2.79 bits per heavy atom. The molecule has 8 heteroatoms. The zero-order chi connectivity index (χ0) is 23.4. The van der Waals surface area contributed by atoms with Crippen LogP contribution in [0.5, 0.6) is 0 Å². The molecule has 3 aliphatic heterocycles. The van der Waals surface area contributed by atoms with E-state index in [4.69, 9.17) is 0 Å². The molecule has 6 rings (SSSR count). The van der Waals surface area contributed by atoms with Crippen LogP contribution in [0.3, 0.4) is 0 Å². The number of pyridine rings is 1. The molecule has 2 fully saturated rings. The van der Waals surface area contributed by atoms with Crippen molar-refractivity contribution in [1.82, 2.24) is 9.88 Å². The Kier molecular flexibility index (Phi) is 4.60. The Labute approximate surface area is 195 Å². The lowest BCUT2D eigenvalue weighted by Crippen LogP contribution is -2.52. The van der Waals surface area contributed by atoms with Crippen LogP contribution in [-0.4, -0.2) is 39.1 Å². The molecule has 0 radical (unpaired) electrons. The second kappa shape index (κ2) is 7.56. The van der Waals surface area contributed by atoms with Gasteiger partial charge in [0.15, 0.2) is 5.78 Å². The van der Waals surface area contributed by atoms with Gasteiger partial charge in [0, 0.05) is 53.3 Å². The van der Waals surface area contributed by atoms with Gasteiger partial charge in [-0.05, 0) is 43.1 Å². The third-order valence-electron chi connectivity index (χ3n) is 7.60. The molecule has 3 aromatic rings. The third-order valence-corrected chi connectivity index (χ3v) is 7.60. The number of Topliss-reactive ketones (excluding diaryl/α,β-unsaturated/α-hetero) is 1. The number of carbonyl (C=O) groups is 2. The van der Waals surface area contributed by atoms with Crippen LogP contribution in [0.1, 0.15) is 40.2 Å². The van der Waals surface area contributed by atoms with Gasteiger partial charge in [-0.15, -0.1) is 0 Å². The molecule has 170 valence electrons. The number of fused-ring (bicyclic) bond motifs is 4. The number of nitrogens with one attached hydrogen (secondary N) is 1. The summed E-state index contributed by atoms with van der Waals surface area (Å²) < 4.78 is 0. The number of rotatable bonds is 4. The molecule has 2 saturated heterocycles. The Bertz CT molecular complexity index is 1330. The second-order valence-electron chi connectivity index (χ2n) is 9.13. The number of nitro groups is 1. The number of ketones is 1. The lowest BCUT2D eigenvalue weighted by Gasteiger charge is -2.36. The lowest BCUT2D eigenvalue weighted by atomic mass is 9.69. The maximum Gasteiger partial charge on any atom is 0.269 e. The van der Waals surface area contributed by atoms with Crippen molar-refractivity contribution < 1.29 is 14.5 Å². The summed E-state index contributed by atoms with van der Waals surface area (Å²) in [7, 11) is 0. The monoisotopic (exact) mass is 454 g/mol. The van der Waals surface area contributed by atoms with Crippen molar-refractivity contribution in [2.24, 2.45) is 5.92 Å². The molecular formula is C26H22N4O4. The fourth-order valence-electron chi connectivity index (χ4n) is 6.42. The lowest BCUT2D eigenvalue weighted by molar-refractivity contribution is -0.384. The topological polar surface area (TPSA) is 105 Å². The average molecular weight is 454 g/mol. The number of nitro benzene ring substituents is 1. The van der Waals surface area contributed by atoms with E-state index in [2.05, 4.69) is 15.2 Å². The van der Waals surface area contributed by atoms with Crippen LogP contribution in [0.25, 0.3) is 0 Å². The highest BCUT2D eigenvalue weighted by Crippen LogP contribution is 2.61.